The van der Waals surface area contributed by atoms with Gasteiger partial charge in [-0.3, -0.25) is 9.59 Å². The molecule has 0 heterocycles. The molecule has 0 unspecified atom stereocenters. The Bertz CT molecular complexity index is 383. The summed E-state index contributed by atoms with van der Waals surface area (Å²) >= 11 is 0. The topological polar surface area (TPSA) is 92.4 Å². The highest BCUT2D eigenvalue weighted by Gasteiger charge is 2.43. The molecule has 120 valence electrons. The monoisotopic (exact) mass is 296 g/mol. The van der Waals surface area contributed by atoms with Crippen LogP contribution >= 0.6 is 0 Å². The number of carbonyl (C=O) groups is 2. The highest BCUT2D eigenvalue weighted by Crippen LogP contribution is 2.38. The molecule has 5 heteroatoms. The molecule has 2 rings (SSSR count). The molecule has 1 amide bonds. The van der Waals surface area contributed by atoms with E-state index in [0.717, 1.165) is 64.2 Å². The zero-order chi connectivity index (χ0) is 15.3. The van der Waals surface area contributed by atoms with E-state index in [4.69, 9.17) is 5.73 Å². The van der Waals surface area contributed by atoms with Gasteiger partial charge < -0.3 is 16.2 Å². The summed E-state index contributed by atoms with van der Waals surface area (Å²) in [6.07, 6.45) is 9.57. The second-order valence-electron chi connectivity index (χ2n) is 6.91. The van der Waals surface area contributed by atoms with Gasteiger partial charge in [0.05, 0.1) is 17.4 Å². The van der Waals surface area contributed by atoms with Crippen LogP contribution in [0.15, 0.2) is 0 Å². The Morgan fingerprint density at radius 2 is 1.48 bits per heavy atom. The maximum atomic E-state index is 12.8. The minimum atomic E-state index is -0.831. The van der Waals surface area contributed by atoms with Crippen molar-refractivity contribution in [1.82, 2.24) is 5.32 Å². The van der Waals surface area contributed by atoms with Crippen molar-refractivity contribution in [3.05, 3.63) is 0 Å². The standard InChI is InChI=1S/C16H28N2O3/c17-12-15(7-3-1-4-8-15)14(21)18-16(11-13(19)20)9-5-2-6-10-16/h1-12,17H2,(H,18,21)(H,19,20). The maximum Gasteiger partial charge on any atom is 0.305 e. The third kappa shape index (κ3) is 3.76. The Kier molecular flexibility index (Phi) is 5.25. The van der Waals surface area contributed by atoms with Gasteiger partial charge in [-0.05, 0) is 25.7 Å². The van der Waals surface area contributed by atoms with Crippen LogP contribution in [-0.2, 0) is 9.59 Å². The van der Waals surface area contributed by atoms with Crippen LogP contribution in [0.1, 0.15) is 70.6 Å². The molecular weight excluding hydrogens is 268 g/mol. The Morgan fingerprint density at radius 3 is 1.95 bits per heavy atom. The molecule has 0 aromatic heterocycles. The van der Waals surface area contributed by atoms with Gasteiger partial charge in [-0.15, -0.1) is 0 Å². The van der Waals surface area contributed by atoms with Crippen molar-refractivity contribution < 1.29 is 14.7 Å². The highest BCUT2D eigenvalue weighted by atomic mass is 16.4. The summed E-state index contributed by atoms with van der Waals surface area (Å²) in [7, 11) is 0. The zero-order valence-electron chi connectivity index (χ0n) is 12.8. The lowest BCUT2D eigenvalue weighted by atomic mass is 9.71. The van der Waals surface area contributed by atoms with Gasteiger partial charge in [-0.25, -0.2) is 0 Å². The van der Waals surface area contributed by atoms with Crippen molar-refractivity contribution in [3.63, 3.8) is 0 Å². The Hall–Kier alpha value is -1.10. The maximum absolute atomic E-state index is 12.8. The van der Waals surface area contributed by atoms with Crippen LogP contribution in [0.25, 0.3) is 0 Å². The normalized spacial score (nSPS) is 24.2. The summed E-state index contributed by atoms with van der Waals surface area (Å²) in [6.45, 7) is 0.363. The predicted octanol–water partition coefficient (Wildman–Crippen LogP) is 2.19. The van der Waals surface area contributed by atoms with Crippen molar-refractivity contribution in [2.45, 2.75) is 76.2 Å². The van der Waals surface area contributed by atoms with Gasteiger partial charge in [-0.1, -0.05) is 38.5 Å². The first-order chi connectivity index (χ1) is 10.0. The summed E-state index contributed by atoms with van der Waals surface area (Å²) in [5, 5.41) is 12.3. The number of carbonyl (C=O) groups excluding carboxylic acids is 1. The molecular formula is C16H28N2O3. The lowest BCUT2D eigenvalue weighted by molar-refractivity contribution is -0.141. The molecule has 4 N–H and O–H groups in total. The lowest BCUT2D eigenvalue weighted by Gasteiger charge is -2.42. The van der Waals surface area contributed by atoms with Crippen molar-refractivity contribution in [2.75, 3.05) is 6.54 Å². The largest absolute Gasteiger partial charge is 0.481 e. The van der Waals surface area contributed by atoms with E-state index in [9.17, 15) is 14.7 Å². The quantitative estimate of drug-likeness (QED) is 0.725. The van der Waals surface area contributed by atoms with E-state index in [-0.39, 0.29) is 12.3 Å². The molecule has 2 aliphatic rings. The molecule has 0 radical (unpaired) electrons. The van der Waals surface area contributed by atoms with Gasteiger partial charge in [0, 0.05) is 6.54 Å². The lowest BCUT2D eigenvalue weighted by Crippen LogP contribution is -2.57. The van der Waals surface area contributed by atoms with Crippen LogP contribution in [0.2, 0.25) is 0 Å². The number of nitrogens with two attached hydrogens (primary N) is 1. The molecule has 0 spiro atoms. The zero-order valence-corrected chi connectivity index (χ0v) is 12.8. The molecule has 2 saturated carbocycles. The summed E-state index contributed by atoms with van der Waals surface area (Å²) in [5.41, 5.74) is 4.89. The molecule has 5 nitrogen and oxygen atoms in total. The fourth-order valence-corrected chi connectivity index (χ4v) is 3.99. The number of carboxylic acid groups (broad SMARTS) is 1. The minimum absolute atomic E-state index is 0.00662. The van der Waals surface area contributed by atoms with Crippen LogP contribution in [-0.4, -0.2) is 29.1 Å². The van der Waals surface area contributed by atoms with Crippen LogP contribution < -0.4 is 11.1 Å². The molecule has 2 aliphatic carbocycles. The molecule has 0 bridgehead atoms. The summed E-state index contributed by atoms with van der Waals surface area (Å²) in [4.78, 5) is 24.0. The van der Waals surface area contributed by atoms with Crippen LogP contribution in [0.4, 0.5) is 0 Å². The van der Waals surface area contributed by atoms with Crippen LogP contribution in [0.3, 0.4) is 0 Å². The number of carboxylic acids is 1. The van der Waals surface area contributed by atoms with Crippen molar-refractivity contribution in [1.29, 1.82) is 0 Å². The smallest absolute Gasteiger partial charge is 0.305 e. The van der Waals surface area contributed by atoms with Gasteiger partial charge in [0.25, 0.3) is 0 Å². The van der Waals surface area contributed by atoms with Gasteiger partial charge in [0.2, 0.25) is 5.91 Å². The van der Waals surface area contributed by atoms with Gasteiger partial charge in [0.1, 0.15) is 0 Å². The Balaban J connectivity index is 2.11. The minimum Gasteiger partial charge on any atom is -0.481 e. The molecule has 0 atom stereocenters. The Morgan fingerprint density at radius 1 is 0.952 bits per heavy atom. The number of hydrogen-bond acceptors (Lipinski definition) is 3. The third-order valence-electron chi connectivity index (χ3n) is 5.36. The van der Waals surface area contributed by atoms with E-state index < -0.39 is 16.9 Å². The summed E-state index contributed by atoms with van der Waals surface area (Å²) < 4.78 is 0. The van der Waals surface area contributed by atoms with Gasteiger partial charge in [0.15, 0.2) is 0 Å². The van der Waals surface area contributed by atoms with E-state index in [1.165, 1.54) is 0 Å². The van der Waals surface area contributed by atoms with E-state index in [1.807, 2.05) is 0 Å². The van der Waals surface area contributed by atoms with Gasteiger partial charge in [-0.2, -0.15) is 0 Å². The van der Waals surface area contributed by atoms with Crippen molar-refractivity contribution in [3.8, 4) is 0 Å². The number of rotatable bonds is 5. The van der Waals surface area contributed by atoms with E-state index in [1.54, 1.807) is 0 Å². The molecule has 21 heavy (non-hydrogen) atoms. The summed E-state index contributed by atoms with van der Waals surface area (Å²) in [5.74, 6) is -0.838. The van der Waals surface area contributed by atoms with Crippen molar-refractivity contribution >= 4 is 11.9 Å². The SMILES string of the molecule is NCC1(C(=O)NC2(CC(=O)O)CCCCC2)CCCCC1. The molecule has 2 fully saturated rings. The van der Waals surface area contributed by atoms with E-state index >= 15 is 0 Å². The predicted molar refractivity (Wildman–Crippen MR) is 80.8 cm³/mol. The molecule has 0 aliphatic heterocycles. The number of hydrogen-bond donors (Lipinski definition) is 3. The number of aliphatic carboxylic acids is 1. The second-order valence-corrected chi connectivity index (χ2v) is 6.91. The van der Waals surface area contributed by atoms with E-state index in [0.29, 0.717) is 6.54 Å². The average molecular weight is 296 g/mol. The molecule has 0 aromatic carbocycles. The molecule has 0 aromatic rings. The third-order valence-corrected chi connectivity index (χ3v) is 5.36. The van der Waals surface area contributed by atoms with Gasteiger partial charge >= 0.3 is 5.97 Å². The van der Waals surface area contributed by atoms with Crippen LogP contribution in [0, 0.1) is 5.41 Å². The van der Waals surface area contributed by atoms with E-state index in [2.05, 4.69) is 5.32 Å². The summed E-state index contributed by atoms with van der Waals surface area (Å²) in [6, 6.07) is 0. The first-order valence-electron chi connectivity index (χ1n) is 8.26. The number of nitrogens with one attached hydrogen (secondary N) is 1. The Labute approximate surface area is 126 Å². The molecule has 0 saturated heterocycles. The second kappa shape index (κ2) is 6.77. The first-order valence-corrected chi connectivity index (χ1v) is 8.26. The van der Waals surface area contributed by atoms with Crippen molar-refractivity contribution in [2.24, 2.45) is 11.1 Å². The average Bonchev–Trinajstić information content (AvgIpc) is 2.47. The van der Waals surface area contributed by atoms with Crippen LogP contribution in [0.5, 0.6) is 0 Å². The number of amides is 1. The highest BCUT2D eigenvalue weighted by molar-refractivity contribution is 5.84. The fraction of sp³-hybridized carbons (Fsp3) is 0.875. The first kappa shape index (κ1) is 16.3. The fourth-order valence-electron chi connectivity index (χ4n) is 3.99.